The number of rotatable bonds is 3. The van der Waals surface area contributed by atoms with Crippen LogP contribution in [0.1, 0.15) is 17.0 Å². The minimum atomic E-state index is -4.41. The zero-order valence-corrected chi connectivity index (χ0v) is 14.7. The van der Waals surface area contributed by atoms with Crippen molar-refractivity contribution < 1.29 is 17.9 Å². The van der Waals surface area contributed by atoms with Crippen molar-refractivity contribution in [3.63, 3.8) is 0 Å². The van der Waals surface area contributed by atoms with Crippen LogP contribution in [0.25, 0.3) is 11.0 Å². The fourth-order valence-corrected chi connectivity index (χ4v) is 3.27. The van der Waals surface area contributed by atoms with Crippen LogP contribution in [0, 0.1) is 6.92 Å². The van der Waals surface area contributed by atoms with E-state index in [0.717, 1.165) is 17.3 Å². The molecule has 9 heteroatoms. The Morgan fingerprint density at radius 3 is 2.59 bits per heavy atom. The molecule has 2 aromatic heterocycles. The van der Waals surface area contributed by atoms with Crippen LogP contribution < -0.4 is 4.90 Å². The van der Waals surface area contributed by atoms with Crippen LogP contribution >= 0.6 is 0 Å². The second-order valence-corrected chi connectivity index (χ2v) is 6.39. The zero-order chi connectivity index (χ0) is 19.0. The number of ether oxygens (including phenoxy) is 1. The first kappa shape index (κ1) is 17.7. The van der Waals surface area contributed by atoms with E-state index in [9.17, 15) is 13.2 Å². The maximum atomic E-state index is 13.3. The molecule has 0 spiro atoms. The van der Waals surface area contributed by atoms with E-state index >= 15 is 0 Å². The highest BCUT2D eigenvalue weighted by Crippen LogP contribution is 2.33. The Bertz CT molecular complexity index is 963. The molecule has 27 heavy (non-hydrogen) atoms. The van der Waals surface area contributed by atoms with Gasteiger partial charge in [-0.2, -0.15) is 18.3 Å². The molecule has 1 aromatic carbocycles. The lowest BCUT2D eigenvalue weighted by Gasteiger charge is -2.28. The van der Waals surface area contributed by atoms with Gasteiger partial charge in [-0.25, -0.2) is 14.6 Å². The van der Waals surface area contributed by atoms with Crippen molar-refractivity contribution in [3.05, 3.63) is 47.4 Å². The van der Waals surface area contributed by atoms with Crippen molar-refractivity contribution in [3.8, 4) is 0 Å². The number of anilines is 1. The third-order valence-corrected chi connectivity index (χ3v) is 4.54. The van der Waals surface area contributed by atoms with Crippen LogP contribution in [0.4, 0.5) is 19.0 Å². The van der Waals surface area contributed by atoms with Gasteiger partial charge in [-0.1, -0.05) is 18.2 Å². The Morgan fingerprint density at radius 1 is 1.11 bits per heavy atom. The SMILES string of the molecule is Cc1nc(N2CCOCC2)c2cnn(Cc3ccccc3C(F)(F)F)c2n1. The Hall–Kier alpha value is -2.68. The second-order valence-electron chi connectivity index (χ2n) is 6.39. The Balaban J connectivity index is 1.75. The standard InChI is InChI=1S/C18H18F3N5O/c1-12-23-16(25-6-8-27-9-7-25)14-10-22-26(17(14)24-12)11-13-4-2-3-5-15(13)18(19,20)21/h2-5,10H,6-9,11H2,1H3. The third kappa shape index (κ3) is 3.46. The number of morpholine rings is 1. The van der Waals surface area contributed by atoms with Gasteiger partial charge in [0.2, 0.25) is 0 Å². The predicted octanol–water partition coefficient (Wildman–Crippen LogP) is 3.04. The van der Waals surface area contributed by atoms with E-state index in [1.807, 2.05) is 0 Å². The molecular weight excluding hydrogens is 359 g/mol. The minimum Gasteiger partial charge on any atom is -0.378 e. The first-order chi connectivity index (χ1) is 12.9. The number of fused-ring (bicyclic) bond motifs is 1. The van der Waals surface area contributed by atoms with Gasteiger partial charge in [-0.05, 0) is 18.6 Å². The average Bonchev–Trinajstić information content (AvgIpc) is 3.04. The summed E-state index contributed by atoms with van der Waals surface area (Å²) in [7, 11) is 0. The summed E-state index contributed by atoms with van der Waals surface area (Å²) in [5.74, 6) is 1.30. The minimum absolute atomic E-state index is 0.0157. The number of benzene rings is 1. The molecule has 0 unspecified atom stereocenters. The summed E-state index contributed by atoms with van der Waals surface area (Å²) >= 11 is 0. The molecule has 0 bridgehead atoms. The first-order valence-corrected chi connectivity index (χ1v) is 8.61. The monoisotopic (exact) mass is 377 g/mol. The summed E-state index contributed by atoms with van der Waals surface area (Å²) in [6.45, 7) is 4.37. The van der Waals surface area contributed by atoms with E-state index in [1.54, 1.807) is 19.2 Å². The third-order valence-electron chi connectivity index (χ3n) is 4.54. The summed E-state index contributed by atoms with van der Waals surface area (Å²) in [5.41, 5.74) is 0.0213. The number of nitrogens with zero attached hydrogens (tertiary/aromatic N) is 5. The molecule has 142 valence electrons. The molecule has 0 atom stereocenters. The lowest BCUT2D eigenvalue weighted by molar-refractivity contribution is -0.138. The lowest BCUT2D eigenvalue weighted by atomic mass is 10.1. The number of halogens is 3. The van der Waals surface area contributed by atoms with Crippen molar-refractivity contribution in [2.24, 2.45) is 0 Å². The van der Waals surface area contributed by atoms with E-state index < -0.39 is 11.7 Å². The van der Waals surface area contributed by atoms with E-state index in [4.69, 9.17) is 4.74 Å². The predicted molar refractivity (Wildman–Crippen MR) is 93.6 cm³/mol. The maximum absolute atomic E-state index is 13.3. The van der Waals surface area contributed by atoms with Crippen LogP contribution in [0.5, 0.6) is 0 Å². The highest BCUT2D eigenvalue weighted by Gasteiger charge is 2.33. The zero-order valence-electron chi connectivity index (χ0n) is 14.7. The number of hydrogen-bond donors (Lipinski definition) is 0. The van der Waals surface area contributed by atoms with Gasteiger partial charge in [-0.15, -0.1) is 0 Å². The van der Waals surface area contributed by atoms with Crippen LogP contribution in [-0.4, -0.2) is 46.1 Å². The molecule has 4 rings (SSSR count). The summed E-state index contributed by atoms with van der Waals surface area (Å²) in [4.78, 5) is 11.1. The molecule has 1 fully saturated rings. The summed E-state index contributed by atoms with van der Waals surface area (Å²) in [6.07, 6.45) is -2.79. The van der Waals surface area contributed by atoms with E-state index in [0.29, 0.717) is 37.8 Å². The summed E-state index contributed by atoms with van der Waals surface area (Å²) in [5, 5.41) is 5.03. The van der Waals surface area contributed by atoms with Gasteiger partial charge in [0.15, 0.2) is 5.65 Å². The number of aryl methyl sites for hydroxylation is 1. The van der Waals surface area contributed by atoms with E-state index in [1.165, 1.54) is 16.8 Å². The van der Waals surface area contributed by atoms with E-state index in [2.05, 4.69) is 20.0 Å². The Morgan fingerprint density at radius 2 is 1.85 bits per heavy atom. The summed E-state index contributed by atoms with van der Waals surface area (Å²) < 4.78 is 46.7. The molecule has 3 heterocycles. The normalized spacial score (nSPS) is 15.5. The maximum Gasteiger partial charge on any atom is 0.416 e. The molecule has 6 nitrogen and oxygen atoms in total. The molecule has 1 saturated heterocycles. The lowest BCUT2D eigenvalue weighted by Crippen LogP contribution is -2.37. The molecule has 1 aliphatic heterocycles. The number of aromatic nitrogens is 4. The van der Waals surface area contributed by atoms with Gasteiger partial charge in [0.1, 0.15) is 11.6 Å². The Kier molecular flexibility index (Phi) is 4.47. The highest BCUT2D eigenvalue weighted by molar-refractivity contribution is 5.87. The smallest absolute Gasteiger partial charge is 0.378 e. The van der Waals surface area contributed by atoms with Crippen LogP contribution in [0.2, 0.25) is 0 Å². The largest absolute Gasteiger partial charge is 0.416 e. The van der Waals surface area contributed by atoms with Gasteiger partial charge < -0.3 is 9.64 Å². The molecule has 0 radical (unpaired) electrons. The number of hydrogen-bond acceptors (Lipinski definition) is 5. The van der Waals surface area contributed by atoms with Gasteiger partial charge in [0.25, 0.3) is 0 Å². The van der Waals surface area contributed by atoms with Gasteiger partial charge in [-0.3, -0.25) is 0 Å². The summed E-state index contributed by atoms with van der Waals surface area (Å²) in [6, 6.07) is 5.53. The molecule has 0 N–H and O–H groups in total. The van der Waals surface area contributed by atoms with Crippen molar-refractivity contribution in [1.29, 1.82) is 0 Å². The molecule has 1 aliphatic rings. The van der Waals surface area contributed by atoms with Gasteiger partial charge >= 0.3 is 6.18 Å². The average molecular weight is 377 g/mol. The van der Waals surface area contributed by atoms with Gasteiger partial charge in [0.05, 0.1) is 36.9 Å². The molecule has 3 aromatic rings. The Labute approximate surface area is 153 Å². The number of alkyl halides is 3. The molecule has 0 saturated carbocycles. The quantitative estimate of drug-likeness (QED) is 0.702. The fourth-order valence-electron chi connectivity index (χ4n) is 3.27. The van der Waals surface area contributed by atoms with Crippen molar-refractivity contribution in [2.75, 3.05) is 31.2 Å². The van der Waals surface area contributed by atoms with Crippen LogP contribution in [-0.2, 0) is 17.5 Å². The first-order valence-electron chi connectivity index (χ1n) is 8.61. The second kappa shape index (κ2) is 6.80. The van der Waals surface area contributed by atoms with Crippen molar-refractivity contribution in [2.45, 2.75) is 19.6 Å². The van der Waals surface area contributed by atoms with Crippen molar-refractivity contribution in [1.82, 2.24) is 19.7 Å². The van der Waals surface area contributed by atoms with Crippen molar-refractivity contribution >= 4 is 16.9 Å². The van der Waals surface area contributed by atoms with Gasteiger partial charge in [0, 0.05) is 13.1 Å². The van der Waals surface area contributed by atoms with E-state index in [-0.39, 0.29) is 12.1 Å². The van der Waals surface area contributed by atoms with Crippen LogP contribution in [0.15, 0.2) is 30.5 Å². The topological polar surface area (TPSA) is 56.1 Å². The molecular formula is C18H18F3N5O. The molecule has 0 amide bonds. The van der Waals surface area contributed by atoms with Crippen LogP contribution in [0.3, 0.4) is 0 Å². The highest BCUT2D eigenvalue weighted by atomic mass is 19.4. The molecule has 0 aliphatic carbocycles. The fraction of sp³-hybridized carbons (Fsp3) is 0.389.